The number of unbranched alkanes of at least 4 members (excludes halogenated alkanes) is 1. The van der Waals surface area contributed by atoms with Gasteiger partial charge in [-0.2, -0.15) is 0 Å². The largest absolute Gasteiger partial charge is 0.508 e. The Hall–Kier alpha value is -2.04. The van der Waals surface area contributed by atoms with Gasteiger partial charge in [-0.05, 0) is 30.7 Å². The first-order valence-electron chi connectivity index (χ1n) is 5.51. The van der Waals surface area contributed by atoms with E-state index in [1.165, 1.54) is 24.3 Å². The summed E-state index contributed by atoms with van der Waals surface area (Å²) in [7, 11) is 0. The third kappa shape index (κ3) is 4.55. The lowest BCUT2D eigenvalue weighted by Crippen LogP contribution is -2.35. The number of anilines is 1. The molecule has 0 bridgehead atoms. The third-order valence-electron chi connectivity index (χ3n) is 2.15. The van der Waals surface area contributed by atoms with Crippen molar-refractivity contribution in [3.8, 4) is 5.75 Å². The van der Waals surface area contributed by atoms with Crippen LogP contribution < -0.4 is 10.6 Å². The molecule has 5 heteroatoms. The van der Waals surface area contributed by atoms with Gasteiger partial charge in [0.1, 0.15) is 5.75 Å². The molecule has 0 unspecified atom stereocenters. The van der Waals surface area contributed by atoms with Crippen LogP contribution in [0.15, 0.2) is 24.3 Å². The lowest BCUT2D eigenvalue weighted by molar-refractivity contribution is -0.136. The number of carbonyl (C=O) groups excluding carboxylic acids is 2. The molecule has 0 saturated carbocycles. The SMILES string of the molecule is CCCCNC(=O)C(=O)Nc1ccc(O)cc1. The molecule has 1 aromatic rings. The fourth-order valence-electron chi connectivity index (χ4n) is 1.19. The lowest BCUT2D eigenvalue weighted by Gasteiger charge is -2.05. The molecule has 92 valence electrons. The summed E-state index contributed by atoms with van der Waals surface area (Å²) in [5.74, 6) is -1.24. The fraction of sp³-hybridized carbons (Fsp3) is 0.333. The van der Waals surface area contributed by atoms with E-state index in [2.05, 4.69) is 10.6 Å². The van der Waals surface area contributed by atoms with Crippen molar-refractivity contribution < 1.29 is 14.7 Å². The van der Waals surface area contributed by atoms with Crippen LogP contribution in [0, 0.1) is 0 Å². The molecule has 17 heavy (non-hydrogen) atoms. The molecule has 0 heterocycles. The summed E-state index contributed by atoms with van der Waals surface area (Å²) in [6, 6.07) is 5.91. The monoisotopic (exact) mass is 236 g/mol. The van der Waals surface area contributed by atoms with E-state index in [4.69, 9.17) is 5.11 Å². The van der Waals surface area contributed by atoms with Crippen LogP contribution in [0.5, 0.6) is 5.75 Å². The molecule has 0 spiro atoms. The van der Waals surface area contributed by atoms with E-state index in [9.17, 15) is 9.59 Å². The molecule has 0 atom stereocenters. The zero-order valence-electron chi connectivity index (χ0n) is 9.69. The molecule has 5 nitrogen and oxygen atoms in total. The Morgan fingerprint density at radius 2 is 1.82 bits per heavy atom. The Bertz CT molecular complexity index is 387. The van der Waals surface area contributed by atoms with E-state index < -0.39 is 11.8 Å². The Kier molecular flexibility index (Phi) is 5.00. The summed E-state index contributed by atoms with van der Waals surface area (Å²) < 4.78 is 0. The van der Waals surface area contributed by atoms with Crippen molar-refractivity contribution in [3.63, 3.8) is 0 Å². The molecule has 0 aliphatic carbocycles. The Morgan fingerprint density at radius 3 is 2.41 bits per heavy atom. The number of carbonyl (C=O) groups is 2. The Labute approximate surface area is 99.8 Å². The highest BCUT2D eigenvalue weighted by molar-refractivity contribution is 6.39. The molecule has 0 radical (unpaired) electrons. The summed E-state index contributed by atoms with van der Waals surface area (Å²) >= 11 is 0. The van der Waals surface area contributed by atoms with Gasteiger partial charge in [0.25, 0.3) is 0 Å². The molecular weight excluding hydrogens is 220 g/mol. The Balaban J connectivity index is 2.43. The molecule has 2 amide bonds. The number of phenols is 1. The molecule has 3 N–H and O–H groups in total. The maximum Gasteiger partial charge on any atom is 0.313 e. The van der Waals surface area contributed by atoms with Gasteiger partial charge in [-0.1, -0.05) is 13.3 Å². The van der Waals surface area contributed by atoms with E-state index in [0.29, 0.717) is 12.2 Å². The van der Waals surface area contributed by atoms with Crippen molar-refractivity contribution in [1.82, 2.24) is 5.32 Å². The number of hydrogen-bond acceptors (Lipinski definition) is 3. The van der Waals surface area contributed by atoms with Crippen molar-refractivity contribution in [3.05, 3.63) is 24.3 Å². The summed E-state index contributed by atoms with van der Waals surface area (Å²) in [5, 5.41) is 14.0. The summed E-state index contributed by atoms with van der Waals surface area (Å²) in [6.45, 7) is 2.50. The number of benzene rings is 1. The smallest absolute Gasteiger partial charge is 0.313 e. The van der Waals surface area contributed by atoms with E-state index in [1.54, 1.807) is 0 Å². The van der Waals surface area contributed by atoms with Crippen LogP contribution in [0.4, 0.5) is 5.69 Å². The predicted molar refractivity (Wildman–Crippen MR) is 64.7 cm³/mol. The zero-order valence-corrected chi connectivity index (χ0v) is 9.69. The topological polar surface area (TPSA) is 78.4 Å². The van der Waals surface area contributed by atoms with Gasteiger partial charge in [0.05, 0.1) is 0 Å². The maximum atomic E-state index is 11.4. The van der Waals surface area contributed by atoms with E-state index in [1.807, 2.05) is 6.92 Å². The molecule has 1 rings (SSSR count). The van der Waals surface area contributed by atoms with Crippen molar-refractivity contribution >= 4 is 17.5 Å². The van der Waals surface area contributed by atoms with E-state index in [-0.39, 0.29) is 5.75 Å². The predicted octanol–water partition coefficient (Wildman–Crippen LogP) is 1.25. The fourth-order valence-corrected chi connectivity index (χ4v) is 1.19. The van der Waals surface area contributed by atoms with E-state index >= 15 is 0 Å². The average Bonchev–Trinajstić information content (AvgIpc) is 2.32. The van der Waals surface area contributed by atoms with Crippen molar-refractivity contribution in [1.29, 1.82) is 0 Å². The molecule has 0 aliphatic heterocycles. The minimum Gasteiger partial charge on any atom is -0.508 e. The minimum absolute atomic E-state index is 0.107. The van der Waals surface area contributed by atoms with Gasteiger partial charge in [0.2, 0.25) is 0 Å². The first-order chi connectivity index (χ1) is 8.13. The number of aromatic hydroxyl groups is 1. The number of hydrogen-bond donors (Lipinski definition) is 3. The second-order valence-electron chi connectivity index (χ2n) is 3.61. The van der Waals surface area contributed by atoms with Gasteiger partial charge in [0.15, 0.2) is 0 Å². The minimum atomic E-state index is -0.702. The molecule has 0 aliphatic rings. The number of phenolic OH excluding ortho intramolecular Hbond substituents is 1. The second kappa shape index (κ2) is 6.52. The first kappa shape index (κ1) is 13.0. The van der Waals surface area contributed by atoms with Gasteiger partial charge in [0, 0.05) is 12.2 Å². The maximum absolute atomic E-state index is 11.4. The zero-order chi connectivity index (χ0) is 12.7. The lowest BCUT2D eigenvalue weighted by atomic mass is 10.3. The van der Waals surface area contributed by atoms with Crippen molar-refractivity contribution in [2.75, 3.05) is 11.9 Å². The van der Waals surface area contributed by atoms with Crippen molar-refractivity contribution in [2.24, 2.45) is 0 Å². The highest BCUT2D eigenvalue weighted by Crippen LogP contribution is 2.13. The Morgan fingerprint density at radius 1 is 1.18 bits per heavy atom. The number of amides is 2. The van der Waals surface area contributed by atoms with Gasteiger partial charge < -0.3 is 15.7 Å². The summed E-state index contributed by atoms with van der Waals surface area (Å²) in [5.41, 5.74) is 0.471. The van der Waals surface area contributed by atoms with Crippen LogP contribution >= 0.6 is 0 Å². The molecule has 0 saturated heterocycles. The number of rotatable bonds is 4. The number of nitrogens with one attached hydrogen (secondary N) is 2. The highest BCUT2D eigenvalue weighted by Gasteiger charge is 2.12. The average molecular weight is 236 g/mol. The van der Waals surface area contributed by atoms with E-state index in [0.717, 1.165) is 12.8 Å². The van der Waals surface area contributed by atoms with Crippen LogP contribution in [0.3, 0.4) is 0 Å². The van der Waals surface area contributed by atoms with Gasteiger partial charge in [-0.25, -0.2) is 0 Å². The summed E-state index contributed by atoms with van der Waals surface area (Å²) in [4.78, 5) is 22.7. The van der Waals surface area contributed by atoms with Gasteiger partial charge in [-0.15, -0.1) is 0 Å². The highest BCUT2D eigenvalue weighted by atomic mass is 16.3. The molecule has 1 aromatic carbocycles. The normalized spacial score (nSPS) is 9.71. The molecule has 0 aromatic heterocycles. The van der Waals surface area contributed by atoms with Crippen molar-refractivity contribution in [2.45, 2.75) is 19.8 Å². The third-order valence-corrected chi connectivity index (χ3v) is 2.15. The standard InChI is InChI=1S/C12H16N2O3/c1-2-3-8-13-11(16)12(17)14-9-4-6-10(15)7-5-9/h4-7,15H,2-3,8H2,1H3,(H,13,16)(H,14,17). The van der Waals surface area contributed by atoms with Crippen LogP contribution in [-0.4, -0.2) is 23.5 Å². The molecule has 0 fully saturated rings. The van der Waals surface area contributed by atoms with Gasteiger partial charge in [-0.3, -0.25) is 9.59 Å². The van der Waals surface area contributed by atoms with Crippen LogP contribution in [-0.2, 0) is 9.59 Å². The van der Waals surface area contributed by atoms with Crippen LogP contribution in [0.2, 0.25) is 0 Å². The van der Waals surface area contributed by atoms with Gasteiger partial charge >= 0.3 is 11.8 Å². The quantitative estimate of drug-likeness (QED) is 0.418. The molecular formula is C12H16N2O3. The van der Waals surface area contributed by atoms with Crippen LogP contribution in [0.25, 0.3) is 0 Å². The van der Waals surface area contributed by atoms with Crippen LogP contribution in [0.1, 0.15) is 19.8 Å². The second-order valence-corrected chi connectivity index (χ2v) is 3.61. The summed E-state index contributed by atoms with van der Waals surface area (Å²) in [6.07, 6.45) is 1.80. The first-order valence-corrected chi connectivity index (χ1v) is 5.51.